The summed E-state index contributed by atoms with van der Waals surface area (Å²) in [6, 6.07) is 4.73. The van der Waals surface area contributed by atoms with Gasteiger partial charge in [-0.05, 0) is 91.8 Å². The second-order valence-electron chi connectivity index (χ2n) is 15.5. The first-order valence-electron chi connectivity index (χ1n) is 16.3. The Bertz CT molecular complexity index is 1150. The van der Waals surface area contributed by atoms with Gasteiger partial charge in [-0.1, -0.05) is 71.2 Å². The SMILES string of the molecule is CCCCC1(CCCC)C2=CC3C(C=C2c2cc4c(cc21)OCCO4)CCC3[Si](C)(C)N(C(C)(C)C)[N+](C)(C)C. The van der Waals surface area contributed by atoms with Crippen molar-refractivity contribution in [3.63, 3.8) is 0 Å². The summed E-state index contributed by atoms with van der Waals surface area (Å²) in [6.07, 6.45) is 15.7. The molecule has 0 bridgehead atoms. The third kappa shape index (κ3) is 4.92. The molecule has 1 fully saturated rings. The Morgan fingerprint density at radius 1 is 0.925 bits per heavy atom. The Morgan fingerprint density at radius 2 is 1.52 bits per heavy atom. The molecule has 4 aliphatic rings. The monoisotopic (exact) mass is 565 g/mol. The van der Waals surface area contributed by atoms with Gasteiger partial charge in [-0.2, -0.15) is 4.67 Å². The zero-order chi connectivity index (χ0) is 29.1. The summed E-state index contributed by atoms with van der Waals surface area (Å²) in [7, 11) is 5.31. The Labute approximate surface area is 246 Å². The molecule has 3 unspecified atom stereocenters. The summed E-state index contributed by atoms with van der Waals surface area (Å²) in [5.74, 6) is 3.17. The number of nitrogens with zero attached hydrogens (tertiary/aromatic N) is 2. The molecule has 222 valence electrons. The summed E-state index contributed by atoms with van der Waals surface area (Å²) >= 11 is 0. The number of unbranched alkanes of at least 4 members (excludes halogenated alkanes) is 2. The molecule has 1 aromatic carbocycles. The molecular formula is C35H57N2O2Si+. The van der Waals surface area contributed by atoms with Crippen LogP contribution in [0.4, 0.5) is 0 Å². The van der Waals surface area contributed by atoms with Crippen molar-refractivity contribution < 1.29 is 14.1 Å². The van der Waals surface area contributed by atoms with Gasteiger partial charge in [0.15, 0.2) is 19.7 Å². The van der Waals surface area contributed by atoms with Crippen LogP contribution in [-0.4, -0.2) is 57.4 Å². The van der Waals surface area contributed by atoms with Crippen molar-refractivity contribution in [1.82, 2.24) is 4.67 Å². The number of hydrogen-bond acceptors (Lipinski definition) is 3. The maximum Gasteiger partial charge on any atom is 0.191 e. The van der Waals surface area contributed by atoms with Crippen LogP contribution in [0.25, 0.3) is 5.57 Å². The van der Waals surface area contributed by atoms with E-state index in [0.29, 0.717) is 25.0 Å². The maximum atomic E-state index is 6.17. The highest BCUT2D eigenvalue weighted by molar-refractivity contribution is 6.76. The fraction of sp³-hybridized carbons (Fsp3) is 0.714. The molecule has 5 rings (SSSR count). The molecule has 3 atom stereocenters. The van der Waals surface area contributed by atoms with Crippen molar-refractivity contribution in [2.24, 2.45) is 11.8 Å². The van der Waals surface area contributed by atoms with Crippen molar-refractivity contribution in [2.45, 2.75) is 116 Å². The molecule has 1 saturated carbocycles. The fourth-order valence-electron chi connectivity index (χ4n) is 9.72. The summed E-state index contributed by atoms with van der Waals surface area (Å²) < 4.78 is 16.1. The van der Waals surface area contributed by atoms with Crippen LogP contribution in [0.15, 0.2) is 29.9 Å². The Hall–Kier alpha value is -1.56. The van der Waals surface area contributed by atoms with Crippen LogP contribution >= 0.6 is 0 Å². The molecule has 1 aromatic rings. The van der Waals surface area contributed by atoms with Crippen molar-refractivity contribution in [3.05, 3.63) is 41.0 Å². The summed E-state index contributed by atoms with van der Waals surface area (Å²) in [4.78, 5) is 0. The van der Waals surface area contributed by atoms with E-state index >= 15 is 0 Å². The van der Waals surface area contributed by atoms with Crippen molar-refractivity contribution in [3.8, 4) is 11.5 Å². The first kappa shape index (κ1) is 29.9. The minimum Gasteiger partial charge on any atom is -0.486 e. The summed E-state index contributed by atoms with van der Waals surface area (Å²) in [5, 5.41) is 0. The zero-order valence-electron chi connectivity index (χ0n) is 27.3. The molecule has 0 N–H and O–H groups in total. The molecule has 0 amide bonds. The maximum absolute atomic E-state index is 6.17. The molecule has 40 heavy (non-hydrogen) atoms. The smallest absolute Gasteiger partial charge is 0.191 e. The largest absolute Gasteiger partial charge is 0.486 e. The molecule has 0 saturated heterocycles. The van der Waals surface area contributed by atoms with E-state index in [9.17, 15) is 0 Å². The predicted octanol–water partition coefficient (Wildman–Crippen LogP) is 8.74. The van der Waals surface area contributed by atoms with E-state index in [0.717, 1.165) is 21.6 Å². The molecule has 0 spiro atoms. The molecule has 0 aromatic heterocycles. The van der Waals surface area contributed by atoms with Crippen molar-refractivity contribution in [1.29, 1.82) is 0 Å². The number of ether oxygens (including phenoxy) is 2. The average Bonchev–Trinajstić information content (AvgIpc) is 3.39. The van der Waals surface area contributed by atoms with Gasteiger partial charge < -0.3 is 9.47 Å². The molecule has 0 radical (unpaired) electrons. The van der Waals surface area contributed by atoms with Crippen LogP contribution in [0.2, 0.25) is 18.6 Å². The number of quaternary nitrogens is 1. The lowest BCUT2D eigenvalue weighted by molar-refractivity contribution is -0.978. The van der Waals surface area contributed by atoms with E-state index in [1.165, 1.54) is 68.1 Å². The second-order valence-corrected chi connectivity index (χ2v) is 20.0. The highest BCUT2D eigenvalue weighted by Crippen LogP contribution is 2.63. The van der Waals surface area contributed by atoms with Gasteiger partial charge in [0.2, 0.25) is 0 Å². The van der Waals surface area contributed by atoms with E-state index in [-0.39, 0.29) is 11.0 Å². The number of allylic oxidation sites excluding steroid dienone is 4. The van der Waals surface area contributed by atoms with Crippen LogP contribution in [0.5, 0.6) is 11.5 Å². The van der Waals surface area contributed by atoms with Crippen LogP contribution in [0.1, 0.15) is 97.1 Å². The van der Waals surface area contributed by atoms with Crippen LogP contribution in [-0.2, 0) is 5.41 Å². The lowest BCUT2D eigenvalue weighted by Gasteiger charge is -2.55. The summed E-state index contributed by atoms with van der Waals surface area (Å²) in [6.45, 7) is 18.6. The molecular weight excluding hydrogens is 508 g/mol. The number of fused-ring (bicyclic) bond motifs is 5. The Morgan fingerprint density at radius 3 is 2.08 bits per heavy atom. The standard InChI is InChI=1S/C35H57N2O2Si/c1-11-13-17-35(18-14-12-2)29-22-26-25(15-16-33(26)40(9,10)36(34(3,4)5)37(6,7)8)21-27(29)28-23-31-32(24-30(28)35)39-20-19-38-31/h21-26,33H,11-20H2,1-10H3/q+1. The van der Waals surface area contributed by atoms with E-state index in [1.807, 2.05) is 0 Å². The minimum atomic E-state index is -1.83. The molecule has 4 nitrogen and oxygen atoms in total. The number of benzene rings is 1. The van der Waals surface area contributed by atoms with Crippen molar-refractivity contribution in [2.75, 3.05) is 34.4 Å². The van der Waals surface area contributed by atoms with E-state index in [2.05, 4.69) is 97.8 Å². The van der Waals surface area contributed by atoms with Gasteiger partial charge >= 0.3 is 0 Å². The van der Waals surface area contributed by atoms with Crippen LogP contribution in [0.3, 0.4) is 0 Å². The van der Waals surface area contributed by atoms with Crippen molar-refractivity contribution >= 4 is 13.8 Å². The lowest BCUT2D eigenvalue weighted by atomic mass is 9.68. The van der Waals surface area contributed by atoms with E-state index in [1.54, 1.807) is 5.57 Å². The first-order chi connectivity index (χ1) is 18.8. The highest BCUT2D eigenvalue weighted by Gasteiger charge is 2.57. The second kappa shape index (κ2) is 10.6. The molecule has 5 heteroatoms. The first-order valence-corrected chi connectivity index (χ1v) is 19.3. The molecule has 1 aliphatic heterocycles. The molecule has 1 heterocycles. The van der Waals surface area contributed by atoms with Gasteiger partial charge in [-0.3, -0.25) is 4.59 Å². The van der Waals surface area contributed by atoms with Gasteiger partial charge in [0.25, 0.3) is 0 Å². The lowest BCUT2D eigenvalue weighted by Crippen LogP contribution is -2.71. The molecule has 3 aliphatic carbocycles. The van der Waals surface area contributed by atoms with Crippen LogP contribution < -0.4 is 9.47 Å². The third-order valence-electron chi connectivity index (χ3n) is 10.4. The number of hydrogen-bond donors (Lipinski definition) is 0. The predicted molar refractivity (Wildman–Crippen MR) is 171 cm³/mol. The van der Waals surface area contributed by atoms with E-state index < -0.39 is 8.24 Å². The number of rotatable bonds is 9. The third-order valence-corrected chi connectivity index (χ3v) is 15.3. The van der Waals surface area contributed by atoms with Gasteiger partial charge in [0, 0.05) is 5.41 Å². The minimum absolute atomic E-state index is 0.0939. The highest BCUT2D eigenvalue weighted by atomic mass is 28.3. The quantitative estimate of drug-likeness (QED) is 0.170. The zero-order valence-corrected chi connectivity index (χ0v) is 28.3. The topological polar surface area (TPSA) is 21.7 Å². The van der Waals surface area contributed by atoms with Gasteiger partial charge in [0.1, 0.15) is 13.2 Å². The Kier molecular flexibility index (Phi) is 7.94. The van der Waals surface area contributed by atoms with Gasteiger partial charge in [-0.25, -0.2) is 0 Å². The van der Waals surface area contributed by atoms with Gasteiger partial charge in [0.05, 0.1) is 26.7 Å². The van der Waals surface area contributed by atoms with E-state index in [4.69, 9.17) is 9.47 Å². The van der Waals surface area contributed by atoms with Crippen LogP contribution in [0, 0.1) is 11.8 Å². The normalized spacial score (nSPS) is 25.3. The van der Waals surface area contributed by atoms with Gasteiger partial charge in [-0.15, -0.1) is 0 Å². The summed E-state index contributed by atoms with van der Waals surface area (Å²) in [5.41, 5.74) is 7.10. The average molecular weight is 566 g/mol. The fourth-order valence-corrected chi connectivity index (χ4v) is 15.5. The Balaban J connectivity index is 1.64.